The number of rotatable bonds is 3. The Balaban J connectivity index is 1.50. The highest BCUT2D eigenvalue weighted by molar-refractivity contribution is 5.98. The third-order valence-electron chi connectivity index (χ3n) is 6.65. The number of carbonyl (C=O) groups is 1. The first-order chi connectivity index (χ1) is 14.7. The molecule has 1 atom stereocenters. The molecule has 2 saturated heterocycles. The Labute approximate surface area is 177 Å². The van der Waals surface area contributed by atoms with E-state index in [-0.39, 0.29) is 5.92 Å². The number of hydrogen-bond donors (Lipinski definition) is 1. The van der Waals surface area contributed by atoms with Crippen LogP contribution in [-0.2, 0) is 9.53 Å². The predicted octanol–water partition coefficient (Wildman–Crippen LogP) is 4.67. The van der Waals surface area contributed by atoms with Gasteiger partial charge in [0.25, 0.3) is 0 Å². The Morgan fingerprint density at radius 1 is 1.20 bits per heavy atom. The second kappa shape index (κ2) is 8.23. The lowest BCUT2D eigenvalue weighted by molar-refractivity contribution is -0.139. The fourth-order valence-corrected chi connectivity index (χ4v) is 5.07. The molecule has 30 heavy (non-hydrogen) atoms. The van der Waals surface area contributed by atoms with Crippen molar-refractivity contribution in [3.8, 4) is 11.1 Å². The highest BCUT2D eigenvalue weighted by Gasteiger charge is 2.32. The number of fused-ring (bicyclic) bond motifs is 1. The van der Waals surface area contributed by atoms with E-state index in [1.165, 1.54) is 22.2 Å². The minimum absolute atomic E-state index is 0.126. The Morgan fingerprint density at radius 2 is 2.07 bits per heavy atom. The molecule has 2 aliphatic heterocycles. The SMILES string of the molecule is Cc1ccc2[nH]c(C3CCCN(C(=O)C4CCOCC4)C3)c(-c3cccnc3)c2c1. The standard InChI is InChI=1S/C25H29N3O2/c1-17-6-7-22-21(14-17)23(19-4-2-10-26-15-19)24(27-22)20-5-3-11-28(16-20)25(29)18-8-12-30-13-9-18/h2,4,6-7,10,14-15,18,20,27H,3,5,8-9,11-13,16H2,1H3. The van der Waals surface area contributed by atoms with Gasteiger partial charge in [0, 0.05) is 78.3 Å². The van der Waals surface area contributed by atoms with Crippen LogP contribution in [0.15, 0.2) is 42.7 Å². The first-order valence-corrected chi connectivity index (χ1v) is 11.1. The number of H-pyrrole nitrogens is 1. The molecule has 2 aliphatic rings. The van der Waals surface area contributed by atoms with Crippen molar-refractivity contribution in [1.29, 1.82) is 0 Å². The number of amides is 1. The average molecular weight is 404 g/mol. The number of aryl methyl sites for hydroxylation is 1. The van der Waals surface area contributed by atoms with Gasteiger partial charge in [-0.05, 0) is 50.8 Å². The van der Waals surface area contributed by atoms with Crippen molar-refractivity contribution in [3.05, 3.63) is 54.0 Å². The van der Waals surface area contributed by atoms with E-state index >= 15 is 0 Å². The van der Waals surface area contributed by atoms with Crippen molar-refractivity contribution in [2.75, 3.05) is 26.3 Å². The number of aromatic nitrogens is 2. The van der Waals surface area contributed by atoms with Gasteiger partial charge >= 0.3 is 0 Å². The van der Waals surface area contributed by atoms with E-state index in [1.807, 2.05) is 18.5 Å². The number of likely N-dealkylation sites (tertiary alicyclic amines) is 1. The Kier molecular flexibility index (Phi) is 5.30. The molecule has 5 nitrogen and oxygen atoms in total. The quantitative estimate of drug-likeness (QED) is 0.691. The minimum atomic E-state index is 0.126. The molecule has 1 unspecified atom stereocenters. The van der Waals surface area contributed by atoms with Gasteiger partial charge in [-0.1, -0.05) is 17.7 Å². The van der Waals surface area contributed by atoms with E-state index in [1.54, 1.807) is 0 Å². The smallest absolute Gasteiger partial charge is 0.225 e. The van der Waals surface area contributed by atoms with Gasteiger partial charge in [-0.3, -0.25) is 9.78 Å². The van der Waals surface area contributed by atoms with Gasteiger partial charge < -0.3 is 14.6 Å². The van der Waals surface area contributed by atoms with Crippen LogP contribution in [0.5, 0.6) is 0 Å². The van der Waals surface area contributed by atoms with Crippen LogP contribution in [0.25, 0.3) is 22.0 Å². The van der Waals surface area contributed by atoms with Crippen LogP contribution in [-0.4, -0.2) is 47.1 Å². The summed E-state index contributed by atoms with van der Waals surface area (Å²) in [7, 11) is 0. The lowest BCUT2D eigenvalue weighted by Crippen LogP contribution is -2.43. The van der Waals surface area contributed by atoms with E-state index < -0.39 is 0 Å². The number of carbonyl (C=O) groups excluding carboxylic acids is 1. The van der Waals surface area contributed by atoms with Crippen LogP contribution in [0.4, 0.5) is 0 Å². The van der Waals surface area contributed by atoms with Crippen LogP contribution in [0, 0.1) is 12.8 Å². The molecule has 1 aromatic carbocycles. The molecule has 0 aliphatic carbocycles. The summed E-state index contributed by atoms with van der Waals surface area (Å²) in [6.45, 7) is 5.21. The molecule has 4 heterocycles. The molecule has 5 rings (SSSR count). The number of piperidine rings is 1. The van der Waals surface area contributed by atoms with Crippen LogP contribution < -0.4 is 0 Å². The Morgan fingerprint density at radius 3 is 2.87 bits per heavy atom. The molecular formula is C25H29N3O2. The van der Waals surface area contributed by atoms with Gasteiger partial charge in [0.2, 0.25) is 5.91 Å². The van der Waals surface area contributed by atoms with Crippen LogP contribution in [0.1, 0.15) is 42.9 Å². The topological polar surface area (TPSA) is 58.2 Å². The molecule has 2 aromatic heterocycles. The molecule has 0 spiro atoms. The largest absolute Gasteiger partial charge is 0.381 e. The fourth-order valence-electron chi connectivity index (χ4n) is 5.07. The Hall–Kier alpha value is -2.66. The zero-order valence-corrected chi connectivity index (χ0v) is 17.6. The van der Waals surface area contributed by atoms with E-state index in [2.05, 4.69) is 46.1 Å². The number of aromatic amines is 1. The Bertz CT molecular complexity index is 1040. The second-order valence-electron chi connectivity index (χ2n) is 8.71. The van der Waals surface area contributed by atoms with Gasteiger partial charge in [0.15, 0.2) is 0 Å². The fraction of sp³-hybridized carbons (Fsp3) is 0.440. The third kappa shape index (κ3) is 3.63. The molecule has 0 saturated carbocycles. The monoisotopic (exact) mass is 403 g/mol. The first-order valence-electron chi connectivity index (χ1n) is 11.1. The number of nitrogens with zero attached hydrogens (tertiary/aromatic N) is 2. The number of benzene rings is 1. The molecule has 156 valence electrons. The van der Waals surface area contributed by atoms with Gasteiger partial charge in [-0.2, -0.15) is 0 Å². The van der Waals surface area contributed by atoms with Crippen molar-refractivity contribution in [2.45, 2.75) is 38.5 Å². The molecule has 0 radical (unpaired) electrons. The highest BCUT2D eigenvalue weighted by Crippen LogP contribution is 2.39. The summed E-state index contributed by atoms with van der Waals surface area (Å²) in [6.07, 6.45) is 7.61. The van der Waals surface area contributed by atoms with Crippen LogP contribution in [0.3, 0.4) is 0 Å². The number of ether oxygens (including phenoxy) is 1. The average Bonchev–Trinajstić information content (AvgIpc) is 3.18. The second-order valence-corrected chi connectivity index (χ2v) is 8.71. The van der Waals surface area contributed by atoms with Crippen molar-refractivity contribution in [2.24, 2.45) is 5.92 Å². The lowest BCUT2D eigenvalue weighted by atomic mass is 9.88. The maximum atomic E-state index is 13.2. The minimum Gasteiger partial charge on any atom is -0.381 e. The van der Waals surface area contributed by atoms with Crippen LogP contribution >= 0.6 is 0 Å². The zero-order chi connectivity index (χ0) is 20.5. The summed E-state index contributed by atoms with van der Waals surface area (Å²) >= 11 is 0. The number of hydrogen-bond acceptors (Lipinski definition) is 3. The van der Waals surface area contributed by atoms with Gasteiger partial charge in [-0.25, -0.2) is 0 Å². The molecule has 1 N–H and O–H groups in total. The highest BCUT2D eigenvalue weighted by atomic mass is 16.5. The molecule has 0 bridgehead atoms. The number of nitrogens with one attached hydrogen (secondary N) is 1. The first kappa shape index (κ1) is 19.3. The van der Waals surface area contributed by atoms with Gasteiger partial charge in [0.1, 0.15) is 0 Å². The van der Waals surface area contributed by atoms with E-state index in [0.717, 1.165) is 49.9 Å². The summed E-state index contributed by atoms with van der Waals surface area (Å²) < 4.78 is 5.45. The van der Waals surface area contributed by atoms with E-state index in [9.17, 15) is 4.79 Å². The maximum Gasteiger partial charge on any atom is 0.225 e. The summed E-state index contributed by atoms with van der Waals surface area (Å²) in [4.78, 5) is 23.3. The van der Waals surface area contributed by atoms with Crippen molar-refractivity contribution >= 4 is 16.8 Å². The van der Waals surface area contributed by atoms with Crippen LogP contribution in [0.2, 0.25) is 0 Å². The predicted molar refractivity (Wildman–Crippen MR) is 118 cm³/mol. The summed E-state index contributed by atoms with van der Waals surface area (Å²) in [5.41, 5.74) is 6.03. The maximum absolute atomic E-state index is 13.2. The third-order valence-corrected chi connectivity index (χ3v) is 6.65. The molecule has 5 heteroatoms. The van der Waals surface area contributed by atoms with Gasteiger partial charge in [0.05, 0.1) is 0 Å². The molecule has 2 fully saturated rings. The summed E-state index contributed by atoms with van der Waals surface area (Å²) in [5.74, 6) is 0.754. The molecule has 3 aromatic rings. The number of pyridine rings is 1. The van der Waals surface area contributed by atoms with E-state index in [0.29, 0.717) is 25.0 Å². The summed E-state index contributed by atoms with van der Waals surface area (Å²) in [5, 5.41) is 1.24. The zero-order valence-electron chi connectivity index (χ0n) is 17.6. The molecular weight excluding hydrogens is 374 g/mol. The lowest BCUT2D eigenvalue weighted by Gasteiger charge is -2.36. The normalized spacial score (nSPS) is 20.6. The van der Waals surface area contributed by atoms with Crippen molar-refractivity contribution in [3.63, 3.8) is 0 Å². The van der Waals surface area contributed by atoms with E-state index in [4.69, 9.17) is 4.74 Å². The van der Waals surface area contributed by atoms with Gasteiger partial charge in [-0.15, -0.1) is 0 Å². The van der Waals surface area contributed by atoms with Crippen molar-refractivity contribution < 1.29 is 9.53 Å². The molecule has 1 amide bonds. The summed E-state index contributed by atoms with van der Waals surface area (Å²) in [6, 6.07) is 10.7. The van der Waals surface area contributed by atoms with Crippen molar-refractivity contribution in [1.82, 2.24) is 14.9 Å².